The van der Waals surface area contributed by atoms with Crippen LogP contribution in [0, 0.1) is 0 Å². The van der Waals surface area contributed by atoms with Crippen molar-refractivity contribution in [2.45, 2.75) is 11.8 Å². The van der Waals surface area contributed by atoms with E-state index in [4.69, 9.17) is 21.6 Å². The molecule has 15 heavy (non-hydrogen) atoms. The third-order valence-electron chi connectivity index (χ3n) is 1.98. The molecule has 0 heterocycles. The Morgan fingerprint density at radius 2 is 2.00 bits per heavy atom. The van der Waals surface area contributed by atoms with Crippen LogP contribution in [0.1, 0.15) is 6.92 Å². The van der Waals surface area contributed by atoms with E-state index in [1.165, 1.54) is 25.1 Å². The standard InChI is InChI=1S/C8H10BClO4S/c1-2-15(13,14)6-3-4-8(10)7(5-6)9(11)12/h3-5,11-12H,2H2,1H3. The Morgan fingerprint density at radius 1 is 1.40 bits per heavy atom. The number of halogens is 1. The fourth-order valence-corrected chi connectivity index (χ4v) is 2.21. The molecule has 82 valence electrons. The summed E-state index contributed by atoms with van der Waals surface area (Å²) in [5.41, 5.74) is -0.00816. The summed E-state index contributed by atoms with van der Waals surface area (Å²) in [7, 11) is -5.13. The van der Waals surface area contributed by atoms with Crippen LogP contribution in [0.15, 0.2) is 23.1 Å². The zero-order chi connectivity index (χ0) is 11.6. The molecule has 0 unspecified atom stereocenters. The molecular weight excluding hydrogens is 238 g/mol. The van der Waals surface area contributed by atoms with Crippen LogP contribution in [-0.2, 0) is 9.84 Å². The van der Waals surface area contributed by atoms with Gasteiger partial charge in [-0.2, -0.15) is 0 Å². The van der Waals surface area contributed by atoms with E-state index in [1.54, 1.807) is 0 Å². The molecule has 0 amide bonds. The molecule has 0 spiro atoms. The highest BCUT2D eigenvalue weighted by Gasteiger charge is 2.19. The first kappa shape index (κ1) is 12.5. The molecule has 7 heteroatoms. The molecule has 0 fully saturated rings. The van der Waals surface area contributed by atoms with Gasteiger partial charge in [-0.3, -0.25) is 0 Å². The minimum atomic E-state index is -3.35. The normalized spacial score (nSPS) is 11.5. The Hall–Kier alpha value is -0.555. The lowest BCUT2D eigenvalue weighted by atomic mass is 9.80. The van der Waals surface area contributed by atoms with Gasteiger partial charge in [-0.1, -0.05) is 18.5 Å². The van der Waals surface area contributed by atoms with Crippen molar-refractivity contribution in [3.63, 3.8) is 0 Å². The van der Waals surface area contributed by atoms with Gasteiger partial charge in [0, 0.05) is 10.5 Å². The molecule has 0 aliphatic heterocycles. The second kappa shape index (κ2) is 4.53. The molecule has 0 saturated heterocycles. The summed E-state index contributed by atoms with van der Waals surface area (Å²) < 4.78 is 23.0. The molecule has 0 aliphatic carbocycles. The fraction of sp³-hybridized carbons (Fsp3) is 0.250. The molecule has 4 nitrogen and oxygen atoms in total. The van der Waals surface area contributed by atoms with E-state index < -0.39 is 17.0 Å². The van der Waals surface area contributed by atoms with Gasteiger partial charge in [0.15, 0.2) is 9.84 Å². The van der Waals surface area contributed by atoms with Gasteiger partial charge in [0.2, 0.25) is 0 Å². The van der Waals surface area contributed by atoms with Crippen LogP contribution in [0.25, 0.3) is 0 Å². The number of benzene rings is 1. The van der Waals surface area contributed by atoms with Crippen molar-refractivity contribution in [1.82, 2.24) is 0 Å². The van der Waals surface area contributed by atoms with Crippen LogP contribution in [0.2, 0.25) is 5.02 Å². The maximum absolute atomic E-state index is 11.5. The maximum Gasteiger partial charge on any atom is 0.489 e. The Bertz CT molecular complexity index is 458. The predicted octanol–water partition coefficient (Wildman–Crippen LogP) is -0.187. The Morgan fingerprint density at radius 3 is 2.47 bits per heavy atom. The van der Waals surface area contributed by atoms with Crippen molar-refractivity contribution in [3.8, 4) is 0 Å². The average molecular weight is 248 g/mol. The van der Waals surface area contributed by atoms with Crippen LogP contribution < -0.4 is 5.46 Å². The third-order valence-corrected chi connectivity index (χ3v) is 4.06. The molecule has 0 aliphatic rings. The van der Waals surface area contributed by atoms with E-state index >= 15 is 0 Å². The SMILES string of the molecule is CCS(=O)(=O)c1ccc(Cl)c(B(O)O)c1. The van der Waals surface area contributed by atoms with Crippen molar-refractivity contribution in [2.24, 2.45) is 0 Å². The van der Waals surface area contributed by atoms with Crippen molar-refractivity contribution >= 4 is 34.0 Å². The zero-order valence-electron chi connectivity index (χ0n) is 8.01. The minimum absolute atomic E-state index is 0.00816. The number of sulfone groups is 1. The Labute approximate surface area is 93.6 Å². The summed E-state index contributed by atoms with van der Waals surface area (Å²) in [6.45, 7) is 1.51. The van der Waals surface area contributed by atoms with Crippen LogP contribution >= 0.6 is 11.6 Å². The smallest absolute Gasteiger partial charge is 0.423 e. The van der Waals surface area contributed by atoms with Crippen molar-refractivity contribution in [1.29, 1.82) is 0 Å². The third kappa shape index (κ3) is 2.72. The fourth-order valence-electron chi connectivity index (χ4n) is 1.08. The van der Waals surface area contributed by atoms with Crippen LogP contribution in [0.4, 0.5) is 0 Å². The van der Waals surface area contributed by atoms with Crippen molar-refractivity contribution in [2.75, 3.05) is 5.75 Å². The molecule has 0 atom stereocenters. The van der Waals surface area contributed by atoms with E-state index in [2.05, 4.69) is 0 Å². The van der Waals surface area contributed by atoms with E-state index in [1.807, 2.05) is 0 Å². The van der Waals surface area contributed by atoms with Gasteiger partial charge < -0.3 is 10.0 Å². The van der Waals surface area contributed by atoms with E-state index in [0.29, 0.717) is 0 Å². The van der Waals surface area contributed by atoms with E-state index in [0.717, 1.165) is 0 Å². The van der Waals surface area contributed by atoms with Crippen molar-refractivity contribution in [3.05, 3.63) is 23.2 Å². The Balaban J connectivity index is 3.31. The molecule has 2 N–H and O–H groups in total. The van der Waals surface area contributed by atoms with Gasteiger partial charge in [-0.25, -0.2) is 8.42 Å². The lowest BCUT2D eigenvalue weighted by Gasteiger charge is -2.06. The summed E-state index contributed by atoms with van der Waals surface area (Å²) in [5.74, 6) is -0.0460. The summed E-state index contributed by atoms with van der Waals surface area (Å²) >= 11 is 5.67. The zero-order valence-corrected chi connectivity index (χ0v) is 9.59. The first-order chi connectivity index (χ1) is 6.88. The predicted molar refractivity (Wildman–Crippen MR) is 59.0 cm³/mol. The summed E-state index contributed by atoms with van der Waals surface area (Å²) in [5, 5.41) is 18.0. The first-order valence-corrected chi connectivity index (χ1v) is 6.30. The van der Waals surface area contributed by atoms with Crippen LogP contribution in [0.5, 0.6) is 0 Å². The molecular formula is C8H10BClO4S. The molecule has 1 aromatic rings. The lowest BCUT2D eigenvalue weighted by Crippen LogP contribution is -2.31. The quantitative estimate of drug-likeness (QED) is 0.728. The second-order valence-corrected chi connectivity index (χ2v) is 5.65. The molecule has 0 radical (unpaired) electrons. The highest BCUT2D eigenvalue weighted by molar-refractivity contribution is 7.91. The van der Waals surface area contributed by atoms with Gasteiger partial charge in [0.1, 0.15) is 0 Å². The molecule has 1 aromatic carbocycles. The first-order valence-electron chi connectivity index (χ1n) is 4.27. The van der Waals surface area contributed by atoms with E-state index in [9.17, 15) is 8.42 Å². The Kier molecular flexibility index (Phi) is 3.78. The summed E-state index contributed by atoms with van der Waals surface area (Å²) in [6.07, 6.45) is 0. The molecule has 1 rings (SSSR count). The second-order valence-electron chi connectivity index (χ2n) is 2.96. The lowest BCUT2D eigenvalue weighted by molar-refractivity contribution is 0.425. The van der Waals surface area contributed by atoms with Gasteiger partial charge in [-0.15, -0.1) is 0 Å². The van der Waals surface area contributed by atoms with Gasteiger partial charge in [0.05, 0.1) is 10.6 Å². The molecule has 0 saturated carbocycles. The monoisotopic (exact) mass is 248 g/mol. The maximum atomic E-state index is 11.5. The average Bonchev–Trinajstić information content (AvgIpc) is 2.17. The van der Waals surface area contributed by atoms with Crippen LogP contribution in [0.3, 0.4) is 0 Å². The number of rotatable bonds is 3. The minimum Gasteiger partial charge on any atom is -0.423 e. The number of hydrogen-bond donors (Lipinski definition) is 2. The van der Waals surface area contributed by atoms with Gasteiger partial charge in [0.25, 0.3) is 0 Å². The molecule has 0 aromatic heterocycles. The van der Waals surface area contributed by atoms with Crippen LogP contribution in [-0.4, -0.2) is 31.3 Å². The van der Waals surface area contributed by atoms with Gasteiger partial charge >= 0.3 is 7.12 Å². The topological polar surface area (TPSA) is 74.6 Å². The van der Waals surface area contributed by atoms with Crippen molar-refractivity contribution < 1.29 is 18.5 Å². The summed E-state index contributed by atoms with van der Waals surface area (Å²) in [4.78, 5) is 0.0394. The van der Waals surface area contributed by atoms with Gasteiger partial charge in [-0.05, 0) is 18.2 Å². The highest BCUT2D eigenvalue weighted by atomic mass is 35.5. The van der Waals surface area contributed by atoms with E-state index in [-0.39, 0.29) is 21.1 Å². The molecule has 0 bridgehead atoms. The number of hydrogen-bond acceptors (Lipinski definition) is 4. The highest BCUT2D eigenvalue weighted by Crippen LogP contribution is 2.14. The summed E-state index contributed by atoms with van der Waals surface area (Å²) in [6, 6.07) is 3.84. The largest absolute Gasteiger partial charge is 0.489 e.